The smallest absolute Gasteiger partial charge is 0.169 e. The summed E-state index contributed by atoms with van der Waals surface area (Å²) in [5.74, 6) is 0. The maximum absolute atomic E-state index is 5.72. The van der Waals surface area contributed by atoms with Crippen LogP contribution in [0.5, 0.6) is 0 Å². The first-order valence-electron chi connectivity index (χ1n) is 10.6. The summed E-state index contributed by atoms with van der Waals surface area (Å²) in [5.41, 5.74) is 2.72. The molecule has 0 saturated carbocycles. The Morgan fingerprint density at radius 1 is 1.07 bits per heavy atom. The molecule has 0 radical (unpaired) electrons. The Morgan fingerprint density at radius 3 is 2.44 bits per heavy atom. The van der Waals surface area contributed by atoms with Crippen molar-refractivity contribution >= 4 is 17.3 Å². The van der Waals surface area contributed by atoms with E-state index >= 15 is 0 Å². The SMILES string of the molecule is CCCCCNC(=S)N(CCCN1CCOCC1)Cc1ccc(CC)cc1. The van der Waals surface area contributed by atoms with Crippen LogP contribution in [0.1, 0.15) is 50.7 Å². The lowest BCUT2D eigenvalue weighted by atomic mass is 10.1. The summed E-state index contributed by atoms with van der Waals surface area (Å²) in [7, 11) is 0. The fourth-order valence-electron chi connectivity index (χ4n) is 3.35. The molecule has 2 rings (SSSR count). The van der Waals surface area contributed by atoms with Crippen LogP contribution < -0.4 is 5.32 Å². The molecule has 1 aliphatic heterocycles. The van der Waals surface area contributed by atoms with Crippen molar-refractivity contribution < 1.29 is 4.74 Å². The second-order valence-electron chi connectivity index (χ2n) is 7.34. The van der Waals surface area contributed by atoms with Crippen LogP contribution >= 0.6 is 12.2 Å². The van der Waals surface area contributed by atoms with Crippen LogP contribution in [0.15, 0.2) is 24.3 Å². The topological polar surface area (TPSA) is 27.7 Å². The lowest BCUT2D eigenvalue weighted by Gasteiger charge is -2.29. The molecule has 0 amide bonds. The van der Waals surface area contributed by atoms with Gasteiger partial charge in [0.25, 0.3) is 0 Å². The highest BCUT2D eigenvalue weighted by molar-refractivity contribution is 7.80. The maximum Gasteiger partial charge on any atom is 0.169 e. The number of nitrogens with one attached hydrogen (secondary N) is 1. The Morgan fingerprint density at radius 2 is 1.78 bits per heavy atom. The molecular weight excluding hydrogens is 354 g/mol. The van der Waals surface area contributed by atoms with Crippen LogP contribution in [0.25, 0.3) is 0 Å². The molecule has 5 heteroatoms. The van der Waals surface area contributed by atoms with Crippen LogP contribution in [0.4, 0.5) is 0 Å². The molecular formula is C22H37N3OS. The zero-order chi connectivity index (χ0) is 19.3. The number of unbranched alkanes of at least 4 members (excludes halogenated alkanes) is 2. The van der Waals surface area contributed by atoms with Gasteiger partial charge in [0.1, 0.15) is 0 Å². The third kappa shape index (κ3) is 8.58. The minimum Gasteiger partial charge on any atom is -0.379 e. The van der Waals surface area contributed by atoms with E-state index in [0.717, 1.165) is 70.4 Å². The van der Waals surface area contributed by atoms with Gasteiger partial charge in [-0.2, -0.15) is 0 Å². The Bertz CT molecular complexity index is 529. The van der Waals surface area contributed by atoms with Crippen molar-refractivity contribution in [1.29, 1.82) is 0 Å². The summed E-state index contributed by atoms with van der Waals surface area (Å²) in [6, 6.07) is 8.96. The Kier molecular flexibility index (Phi) is 10.7. The first kappa shape index (κ1) is 22.1. The Hall–Kier alpha value is -1.17. The third-order valence-corrected chi connectivity index (χ3v) is 5.56. The average Bonchev–Trinajstić information content (AvgIpc) is 2.71. The highest BCUT2D eigenvalue weighted by Gasteiger charge is 2.13. The Labute approximate surface area is 171 Å². The van der Waals surface area contributed by atoms with Crippen LogP contribution in [0.2, 0.25) is 0 Å². The average molecular weight is 392 g/mol. The van der Waals surface area contributed by atoms with E-state index in [1.807, 2.05) is 0 Å². The minimum atomic E-state index is 0.866. The van der Waals surface area contributed by atoms with Gasteiger partial charge in [0.05, 0.1) is 13.2 Å². The molecule has 0 aliphatic carbocycles. The number of rotatable bonds is 11. The summed E-state index contributed by atoms with van der Waals surface area (Å²) in [6.07, 6.45) is 5.89. The monoisotopic (exact) mass is 391 g/mol. The minimum absolute atomic E-state index is 0.866. The van der Waals surface area contributed by atoms with Crippen molar-refractivity contribution in [2.75, 3.05) is 45.9 Å². The fraction of sp³-hybridized carbons (Fsp3) is 0.682. The van der Waals surface area contributed by atoms with Gasteiger partial charge in [-0.3, -0.25) is 4.90 Å². The zero-order valence-electron chi connectivity index (χ0n) is 17.2. The highest BCUT2D eigenvalue weighted by Crippen LogP contribution is 2.10. The van der Waals surface area contributed by atoms with Gasteiger partial charge in [-0.1, -0.05) is 51.0 Å². The van der Waals surface area contributed by atoms with Gasteiger partial charge >= 0.3 is 0 Å². The first-order valence-corrected chi connectivity index (χ1v) is 11.0. The fourth-order valence-corrected chi connectivity index (χ4v) is 3.60. The first-order chi connectivity index (χ1) is 13.2. The summed E-state index contributed by atoms with van der Waals surface area (Å²) in [6.45, 7) is 12.2. The van der Waals surface area contributed by atoms with E-state index in [-0.39, 0.29) is 0 Å². The molecule has 1 heterocycles. The highest BCUT2D eigenvalue weighted by atomic mass is 32.1. The molecule has 1 fully saturated rings. The number of hydrogen-bond donors (Lipinski definition) is 1. The van der Waals surface area contributed by atoms with E-state index in [1.165, 1.54) is 30.4 Å². The maximum atomic E-state index is 5.72. The molecule has 27 heavy (non-hydrogen) atoms. The van der Waals surface area contributed by atoms with Gasteiger partial charge in [0.2, 0.25) is 0 Å². The van der Waals surface area contributed by atoms with Crippen molar-refractivity contribution in [2.45, 2.75) is 52.5 Å². The summed E-state index contributed by atoms with van der Waals surface area (Å²) in [4.78, 5) is 4.83. The largest absolute Gasteiger partial charge is 0.379 e. The predicted molar refractivity (Wildman–Crippen MR) is 118 cm³/mol. The number of nitrogens with zero attached hydrogens (tertiary/aromatic N) is 2. The molecule has 0 atom stereocenters. The number of thiocarbonyl (C=S) groups is 1. The lowest BCUT2D eigenvalue weighted by Crippen LogP contribution is -2.42. The molecule has 1 aromatic carbocycles. The van der Waals surface area contributed by atoms with Gasteiger partial charge in [-0.05, 0) is 42.6 Å². The molecule has 1 aliphatic rings. The molecule has 1 N–H and O–H groups in total. The Balaban J connectivity index is 1.86. The summed E-state index contributed by atoms with van der Waals surface area (Å²) < 4.78 is 5.44. The number of ether oxygens (including phenoxy) is 1. The van der Waals surface area contributed by atoms with E-state index < -0.39 is 0 Å². The summed E-state index contributed by atoms with van der Waals surface area (Å²) in [5, 5.41) is 4.37. The van der Waals surface area contributed by atoms with E-state index in [0.29, 0.717) is 0 Å². The number of morpholine rings is 1. The van der Waals surface area contributed by atoms with E-state index in [4.69, 9.17) is 17.0 Å². The molecule has 1 aromatic rings. The van der Waals surface area contributed by atoms with Gasteiger partial charge in [-0.15, -0.1) is 0 Å². The third-order valence-electron chi connectivity index (χ3n) is 5.15. The lowest BCUT2D eigenvalue weighted by molar-refractivity contribution is 0.0367. The van der Waals surface area contributed by atoms with Crippen LogP contribution in [0.3, 0.4) is 0 Å². The molecule has 0 bridgehead atoms. The van der Waals surface area contributed by atoms with Gasteiger partial charge < -0.3 is 15.0 Å². The molecule has 0 aromatic heterocycles. The second kappa shape index (κ2) is 13.1. The number of hydrogen-bond acceptors (Lipinski definition) is 3. The molecule has 0 unspecified atom stereocenters. The quantitative estimate of drug-likeness (QED) is 0.457. The van der Waals surface area contributed by atoms with Crippen molar-refractivity contribution in [2.24, 2.45) is 0 Å². The van der Waals surface area contributed by atoms with E-state index in [9.17, 15) is 0 Å². The van der Waals surface area contributed by atoms with Crippen LogP contribution in [0, 0.1) is 0 Å². The van der Waals surface area contributed by atoms with E-state index in [1.54, 1.807) is 0 Å². The van der Waals surface area contributed by atoms with Crippen molar-refractivity contribution in [3.05, 3.63) is 35.4 Å². The molecule has 152 valence electrons. The van der Waals surface area contributed by atoms with Crippen LogP contribution in [-0.4, -0.2) is 60.8 Å². The molecule has 4 nitrogen and oxygen atoms in total. The standard InChI is InChI=1S/C22H37N3OS/c1-3-5-6-12-23-22(27)25(14-7-13-24-15-17-26-18-16-24)19-21-10-8-20(4-2)9-11-21/h8-11H,3-7,12-19H2,1-2H3,(H,23,27). The number of benzene rings is 1. The zero-order valence-corrected chi connectivity index (χ0v) is 18.0. The van der Waals surface area contributed by atoms with Gasteiger partial charge in [-0.25, -0.2) is 0 Å². The summed E-state index contributed by atoms with van der Waals surface area (Å²) >= 11 is 5.72. The second-order valence-corrected chi connectivity index (χ2v) is 7.72. The van der Waals surface area contributed by atoms with Gasteiger partial charge in [0, 0.05) is 39.3 Å². The predicted octanol–water partition coefficient (Wildman–Crippen LogP) is 3.84. The van der Waals surface area contributed by atoms with Crippen molar-refractivity contribution in [3.63, 3.8) is 0 Å². The van der Waals surface area contributed by atoms with Gasteiger partial charge in [0.15, 0.2) is 5.11 Å². The van der Waals surface area contributed by atoms with Crippen molar-refractivity contribution in [1.82, 2.24) is 15.1 Å². The van der Waals surface area contributed by atoms with Crippen molar-refractivity contribution in [3.8, 4) is 0 Å². The molecule has 1 saturated heterocycles. The van der Waals surface area contributed by atoms with Crippen LogP contribution in [-0.2, 0) is 17.7 Å². The molecule has 0 spiro atoms. The normalized spacial score (nSPS) is 14.9. The van der Waals surface area contributed by atoms with E-state index in [2.05, 4.69) is 53.2 Å². The number of aryl methyl sites for hydroxylation is 1.